The summed E-state index contributed by atoms with van der Waals surface area (Å²) in [6, 6.07) is 3.70. The van der Waals surface area contributed by atoms with Crippen LogP contribution in [0.15, 0.2) is 18.2 Å². The van der Waals surface area contributed by atoms with Crippen LogP contribution < -0.4 is 5.73 Å². The fourth-order valence-corrected chi connectivity index (χ4v) is 1.69. The maximum atomic E-state index is 13.0. The van der Waals surface area contributed by atoms with Crippen LogP contribution in [0, 0.1) is 11.7 Å². The SMILES string of the molecule is CC(C)CC(C)OC(=O)c1cc(N)cc(F)c1. The monoisotopic (exact) mass is 239 g/mol. The third-order valence-corrected chi connectivity index (χ3v) is 2.27. The number of carbonyl (C=O) groups is 1. The zero-order valence-corrected chi connectivity index (χ0v) is 10.4. The Labute approximate surface area is 101 Å². The summed E-state index contributed by atoms with van der Waals surface area (Å²) in [7, 11) is 0. The first kappa shape index (κ1) is 13.5. The second-order valence-corrected chi connectivity index (χ2v) is 4.62. The highest BCUT2D eigenvalue weighted by Gasteiger charge is 2.14. The van der Waals surface area contributed by atoms with Gasteiger partial charge >= 0.3 is 5.97 Å². The molecule has 2 N–H and O–H groups in total. The van der Waals surface area contributed by atoms with E-state index in [1.807, 2.05) is 20.8 Å². The minimum Gasteiger partial charge on any atom is -0.459 e. The van der Waals surface area contributed by atoms with Gasteiger partial charge in [-0.25, -0.2) is 9.18 Å². The summed E-state index contributed by atoms with van der Waals surface area (Å²) in [6.45, 7) is 5.91. The van der Waals surface area contributed by atoms with E-state index in [0.29, 0.717) is 5.92 Å². The summed E-state index contributed by atoms with van der Waals surface area (Å²) in [5.74, 6) is -0.631. The van der Waals surface area contributed by atoms with Crippen molar-refractivity contribution in [1.82, 2.24) is 0 Å². The summed E-state index contributed by atoms with van der Waals surface area (Å²) in [6.07, 6.45) is 0.586. The molecule has 0 radical (unpaired) electrons. The molecule has 1 aromatic carbocycles. The molecule has 94 valence electrons. The number of carbonyl (C=O) groups excluding carboxylic acids is 1. The number of hydrogen-bond donors (Lipinski definition) is 1. The molecule has 0 fully saturated rings. The van der Waals surface area contributed by atoms with Crippen molar-refractivity contribution in [3.8, 4) is 0 Å². The predicted molar refractivity (Wildman–Crippen MR) is 65.1 cm³/mol. The average Bonchev–Trinajstić information content (AvgIpc) is 2.14. The summed E-state index contributed by atoms with van der Waals surface area (Å²) >= 11 is 0. The fourth-order valence-electron chi connectivity index (χ4n) is 1.69. The van der Waals surface area contributed by atoms with Crippen molar-refractivity contribution >= 4 is 11.7 Å². The molecule has 4 heteroatoms. The highest BCUT2D eigenvalue weighted by molar-refractivity contribution is 5.90. The van der Waals surface area contributed by atoms with E-state index in [-0.39, 0.29) is 17.4 Å². The van der Waals surface area contributed by atoms with Crippen LogP contribution in [0.1, 0.15) is 37.6 Å². The van der Waals surface area contributed by atoms with Gasteiger partial charge in [0.1, 0.15) is 5.82 Å². The van der Waals surface area contributed by atoms with Crippen molar-refractivity contribution in [3.63, 3.8) is 0 Å². The molecular formula is C13H18FNO2. The van der Waals surface area contributed by atoms with Gasteiger partial charge in [0.15, 0.2) is 0 Å². The van der Waals surface area contributed by atoms with Crippen LogP contribution in [0.25, 0.3) is 0 Å². The Morgan fingerprint density at radius 2 is 2.00 bits per heavy atom. The Morgan fingerprint density at radius 3 is 2.53 bits per heavy atom. The van der Waals surface area contributed by atoms with Crippen LogP contribution in [0.4, 0.5) is 10.1 Å². The van der Waals surface area contributed by atoms with Crippen molar-refractivity contribution in [2.75, 3.05) is 5.73 Å². The second kappa shape index (κ2) is 5.66. The standard InChI is InChI=1S/C13H18FNO2/c1-8(2)4-9(3)17-13(16)10-5-11(14)7-12(15)6-10/h5-9H,4,15H2,1-3H3. The summed E-state index contributed by atoms with van der Waals surface area (Å²) in [5, 5.41) is 0. The molecule has 1 aromatic rings. The van der Waals surface area contributed by atoms with Crippen molar-refractivity contribution in [3.05, 3.63) is 29.6 Å². The number of benzene rings is 1. The summed E-state index contributed by atoms with van der Waals surface area (Å²) < 4.78 is 18.2. The summed E-state index contributed by atoms with van der Waals surface area (Å²) in [4.78, 5) is 11.7. The molecule has 0 aromatic heterocycles. The Bertz CT molecular complexity index is 384. The van der Waals surface area contributed by atoms with Crippen molar-refractivity contribution in [2.24, 2.45) is 5.92 Å². The molecule has 0 heterocycles. The average molecular weight is 239 g/mol. The van der Waals surface area contributed by atoms with Crippen molar-refractivity contribution < 1.29 is 13.9 Å². The Balaban J connectivity index is 2.69. The van der Waals surface area contributed by atoms with Gasteiger partial charge in [0.05, 0.1) is 11.7 Å². The third-order valence-electron chi connectivity index (χ3n) is 2.27. The van der Waals surface area contributed by atoms with Gasteiger partial charge in [-0.05, 0) is 37.5 Å². The molecule has 0 aliphatic carbocycles. The highest BCUT2D eigenvalue weighted by atomic mass is 19.1. The van der Waals surface area contributed by atoms with Gasteiger partial charge in [-0.15, -0.1) is 0 Å². The Hall–Kier alpha value is -1.58. The van der Waals surface area contributed by atoms with Crippen molar-refractivity contribution in [1.29, 1.82) is 0 Å². The minimum atomic E-state index is -0.538. The number of halogens is 1. The maximum absolute atomic E-state index is 13.0. The molecule has 17 heavy (non-hydrogen) atoms. The van der Waals surface area contributed by atoms with E-state index in [2.05, 4.69) is 0 Å². The summed E-state index contributed by atoms with van der Waals surface area (Å²) in [5.41, 5.74) is 5.83. The number of nitrogens with two attached hydrogens (primary N) is 1. The number of rotatable bonds is 4. The molecule has 0 aliphatic rings. The van der Waals surface area contributed by atoms with Crippen LogP contribution in [0.5, 0.6) is 0 Å². The molecule has 1 rings (SSSR count). The number of hydrogen-bond acceptors (Lipinski definition) is 3. The quantitative estimate of drug-likeness (QED) is 0.649. The normalized spacial score (nSPS) is 12.5. The molecule has 1 atom stereocenters. The van der Waals surface area contributed by atoms with Gasteiger partial charge in [-0.3, -0.25) is 0 Å². The molecule has 0 bridgehead atoms. The van der Waals surface area contributed by atoms with Gasteiger partial charge in [0.2, 0.25) is 0 Å². The van der Waals surface area contributed by atoms with Crippen LogP contribution in [0.3, 0.4) is 0 Å². The van der Waals surface area contributed by atoms with Gasteiger partial charge in [-0.1, -0.05) is 13.8 Å². The predicted octanol–water partition coefficient (Wildman–Crippen LogP) is 3.00. The van der Waals surface area contributed by atoms with E-state index in [0.717, 1.165) is 18.6 Å². The zero-order chi connectivity index (χ0) is 13.0. The van der Waals surface area contributed by atoms with E-state index >= 15 is 0 Å². The lowest BCUT2D eigenvalue weighted by atomic mass is 10.1. The number of ether oxygens (including phenoxy) is 1. The molecular weight excluding hydrogens is 221 g/mol. The first-order valence-electron chi connectivity index (χ1n) is 5.65. The first-order chi connectivity index (χ1) is 7.88. The lowest BCUT2D eigenvalue weighted by Gasteiger charge is -2.15. The molecule has 0 amide bonds. The van der Waals surface area contributed by atoms with Gasteiger partial charge in [0, 0.05) is 5.69 Å². The Kier molecular flexibility index (Phi) is 4.49. The molecule has 0 aliphatic heterocycles. The zero-order valence-electron chi connectivity index (χ0n) is 10.4. The van der Waals surface area contributed by atoms with E-state index in [1.54, 1.807) is 0 Å². The van der Waals surface area contributed by atoms with Gasteiger partial charge < -0.3 is 10.5 Å². The second-order valence-electron chi connectivity index (χ2n) is 4.62. The number of esters is 1. The van der Waals surface area contributed by atoms with Crippen LogP contribution in [0.2, 0.25) is 0 Å². The maximum Gasteiger partial charge on any atom is 0.338 e. The lowest BCUT2D eigenvalue weighted by molar-refractivity contribution is 0.0299. The van der Waals surface area contributed by atoms with E-state index in [9.17, 15) is 9.18 Å². The highest BCUT2D eigenvalue weighted by Crippen LogP contribution is 2.14. The molecule has 3 nitrogen and oxygen atoms in total. The van der Waals surface area contributed by atoms with Gasteiger partial charge in [-0.2, -0.15) is 0 Å². The van der Waals surface area contributed by atoms with Crippen molar-refractivity contribution in [2.45, 2.75) is 33.3 Å². The topological polar surface area (TPSA) is 52.3 Å². The van der Waals surface area contributed by atoms with Crippen LogP contribution in [-0.4, -0.2) is 12.1 Å². The number of nitrogen functional groups attached to an aromatic ring is 1. The number of anilines is 1. The smallest absolute Gasteiger partial charge is 0.338 e. The fraction of sp³-hybridized carbons (Fsp3) is 0.462. The molecule has 0 spiro atoms. The minimum absolute atomic E-state index is 0.151. The van der Waals surface area contributed by atoms with E-state index in [4.69, 9.17) is 10.5 Å². The third kappa shape index (κ3) is 4.43. The van der Waals surface area contributed by atoms with E-state index < -0.39 is 11.8 Å². The van der Waals surface area contributed by atoms with Gasteiger partial charge in [0.25, 0.3) is 0 Å². The van der Waals surface area contributed by atoms with Crippen LogP contribution in [-0.2, 0) is 4.74 Å². The van der Waals surface area contributed by atoms with E-state index in [1.165, 1.54) is 6.07 Å². The lowest BCUT2D eigenvalue weighted by Crippen LogP contribution is -2.17. The molecule has 0 saturated carbocycles. The van der Waals surface area contributed by atoms with Crippen LogP contribution >= 0.6 is 0 Å². The Morgan fingerprint density at radius 1 is 1.35 bits per heavy atom. The first-order valence-corrected chi connectivity index (χ1v) is 5.65. The molecule has 0 saturated heterocycles. The largest absolute Gasteiger partial charge is 0.459 e. The molecule has 1 unspecified atom stereocenters.